The van der Waals surface area contributed by atoms with Crippen LogP contribution in [0.5, 0.6) is 5.75 Å². The second-order valence-corrected chi connectivity index (χ2v) is 7.87. The molecule has 1 amide bonds. The molecule has 0 bridgehead atoms. The Bertz CT molecular complexity index is 976. The van der Waals surface area contributed by atoms with E-state index in [-0.39, 0.29) is 11.2 Å². The Morgan fingerprint density at radius 2 is 2.07 bits per heavy atom. The van der Waals surface area contributed by atoms with Gasteiger partial charge in [-0.05, 0) is 37.3 Å². The summed E-state index contributed by atoms with van der Waals surface area (Å²) < 4.78 is 12.6. The third-order valence-corrected chi connectivity index (χ3v) is 5.53. The lowest BCUT2D eigenvalue weighted by Crippen LogP contribution is -2.23. The van der Waals surface area contributed by atoms with Crippen LogP contribution in [0.1, 0.15) is 6.92 Å². The molecule has 0 fully saturated rings. The van der Waals surface area contributed by atoms with Crippen LogP contribution in [0.4, 0.5) is 5.69 Å². The van der Waals surface area contributed by atoms with Gasteiger partial charge in [0.1, 0.15) is 5.75 Å². The summed E-state index contributed by atoms with van der Waals surface area (Å²) in [7, 11) is 3.22. The largest absolute Gasteiger partial charge is 0.495 e. The molecular formula is C20H22ClN3O3S. The maximum absolute atomic E-state index is 12.7. The van der Waals surface area contributed by atoms with Gasteiger partial charge in [0.05, 0.1) is 35.7 Å². The van der Waals surface area contributed by atoms with Crippen LogP contribution >= 0.6 is 23.4 Å². The summed E-state index contributed by atoms with van der Waals surface area (Å²) in [6.07, 6.45) is 0. The van der Waals surface area contributed by atoms with E-state index in [4.69, 9.17) is 21.1 Å². The van der Waals surface area contributed by atoms with Gasteiger partial charge in [-0.1, -0.05) is 35.5 Å². The number of para-hydroxylation sites is 2. The molecule has 0 aliphatic rings. The van der Waals surface area contributed by atoms with Gasteiger partial charge >= 0.3 is 0 Å². The topological polar surface area (TPSA) is 65.4 Å². The molecule has 148 valence electrons. The zero-order valence-corrected chi connectivity index (χ0v) is 17.5. The molecule has 0 radical (unpaired) electrons. The van der Waals surface area contributed by atoms with Crippen molar-refractivity contribution in [1.29, 1.82) is 0 Å². The Morgan fingerprint density at radius 3 is 2.82 bits per heavy atom. The number of nitrogens with one attached hydrogen (secondary N) is 1. The fourth-order valence-electron chi connectivity index (χ4n) is 2.77. The molecule has 3 rings (SSSR count). The number of nitrogens with zero attached hydrogens (tertiary/aromatic N) is 2. The minimum atomic E-state index is -0.373. The van der Waals surface area contributed by atoms with Crippen molar-refractivity contribution in [2.45, 2.75) is 23.9 Å². The lowest BCUT2D eigenvalue weighted by atomic mass is 10.3. The first kappa shape index (κ1) is 20.5. The number of hydrogen-bond acceptors (Lipinski definition) is 5. The molecule has 1 N–H and O–H groups in total. The second kappa shape index (κ2) is 9.32. The Kier molecular flexibility index (Phi) is 6.83. The van der Waals surface area contributed by atoms with Crippen LogP contribution in [0.3, 0.4) is 0 Å². The van der Waals surface area contributed by atoms with E-state index in [1.807, 2.05) is 31.2 Å². The number of ether oxygens (including phenoxy) is 2. The molecule has 0 unspecified atom stereocenters. The zero-order valence-electron chi connectivity index (χ0n) is 15.9. The Hall–Kier alpha value is -2.22. The number of carbonyl (C=O) groups is 1. The number of halogens is 1. The summed E-state index contributed by atoms with van der Waals surface area (Å²) in [5.74, 6) is 0.401. The average Bonchev–Trinajstić information content (AvgIpc) is 3.03. The second-order valence-electron chi connectivity index (χ2n) is 6.12. The molecule has 0 saturated heterocycles. The summed E-state index contributed by atoms with van der Waals surface area (Å²) in [5, 5.41) is 3.82. The Labute approximate surface area is 173 Å². The van der Waals surface area contributed by atoms with Crippen molar-refractivity contribution < 1.29 is 14.3 Å². The summed E-state index contributed by atoms with van der Waals surface area (Å²) in [5.41, 5.74) is 2.46. The number of imidazole rings is 1. The van der Waals surface area contributed by atoms with Crippen LogP contribution in [0, 0.1) is 0 Å². The maximum Gasteiger partial charge on any atom is 0.237 e. The maximum atomic E-state index is 12.7. The number of thioether (sulfide) groups is 1. The predicted molar refractivity (Wildman–Crippen MR) is 114 cm³/mol. The van der Waals surface area contributed by atoms with E-state index in [9.17, 15) is 4.79 Å². The van der Waals surface area contributed by atoms with Crippen molar-refractivity contribution >= 4 is 46.0 Å². The number of aromatic nitrogens is 2. The third kappa shape index (κ3) is 4.60. The van der Waals surface area contributed by atoms with E-state index in [0.717, 1.165) is 16.2 Å². The van der Waals surface area contributed by atoms with Gasteiger partial charge in [-0.2, -0.15) is 0 Å². The fourth-order valence-corrected chi connectivity index (χ4v) is 3.89. The van der Waals surface area contributed by atoms with Crippen LogP contribution in [-0.2, 0) is 16.1 Å². The molecule has 2 aromatic carbocycles. The molecule has 0 saturated carbocycles. The Balaban J connectivity index is 1.80. The number of hydrogen-bond donors (Lipinski definition) is 1. The molecule has 0 aliphatic heterocycles. The molecule has 6 nitrogen and oxygen atoms in total. The van der Waals surface area contributed by atoms with Crippen molar-refractivity contribution in [2.24, 2.45) is 0 Å². The van der Waals surface area contributed by atoms with E-state index in [0.29, 0.717) is 29.6 Å². The molecule has 0 aliphatic carbocycles. The van der Waals surface area contributed by atoms with Crippen molar-refractivity contribution in [2.75, 3.05) is 26.1 Å². The van der Waals surface area contributed by atoms with Crippen LogP contribution in [0.15, 0.2) is 47.6 Å². The molecular weight excluding hydrogens is 398 g/mol. The lowest BCUT2D eigenvalue weighted by molar-refractivity contribution is -0.115. The van der Waals surface area contributed by atoms with Gasteiger partial charge in [0, 0.05) is 18.7 Å². The van der Waals surface area contributed by atoms with Gasteiger partial charge in [-0.3, -0.25) is 4.79 Å². The number of methoxy groups -OCH3 is 2. The van der Waals surface area contributed by atoms with Crippen LogP contribution < -0.4 is 10.1 Å². The number of amides is 1. The minimum absolute atomic E-state index is 0.157. The van der Waals surface area contributed by atoms with E-state index in [1.54, 1.807) is 32.4 Å². The van der Waals surface area contributed by atoms with E-state index >= 15 is 0 Å². The fraction of sp³-hybridized carbons (Fsp3) is 0.300. The van der Waals surface area contributed by atoms with Gasteiger partial charge in [0.25, 0.3) is 0 Å². The molecule has 0 spiro atoms. The summed E-state index contributed by atoms with van der Waals surface area (Å²) >= 11 is 7.45. The first-order valence-corrected chi connectivity index (χ1v) is 10.0. The molecule has 3 aromatic rings. The van der Waals surface area contributed by atoms with Crippen molar-refractivity contribution in [3.63, 3.8) is 0 Å². The predicted octanol–water partition coefficient (Wildman–Crippen LogP) is 4.46. The first-order valence-electron chi connectivity index (χ1n) is 8.78. The highest BCUT2D eigenvalue weighted by atomic mass is 35.5. The number of rotatable bonds is 8. The number of benzene rings is 2. The summed E-state index contributed by atoms with van der Waals surface area (Å²) in [6.45, 7) is 3.07. The minimum Gasteiger partial charge on any atom is -0.495 e. The molecule has 8 heteroatoms. The normalized spacial score (nSPS) is 12.1. The van der Waals surface area contributed by atoms with Crippen LogP contribution in [0.25, 0.3) is 11.0 Å². The number of fused-ring (bicyclic) bond motifs is 1. The van der Waals surface area contributed by atoms with Crippen molar-refractivity contribution in [3.8, 4) is 5.75 Å². The SMILES string of the molecule is COCCn1c(S[C@H](C)C(=O)Nc2cc(Cl)ccc2OC)nc2ccccc21. The Morgan fingerprint density at radius 1 is 1.29 bits per heavy atom. The first-order chi connectivity index (χ1) is 13.5. The highest BCUT2D eigenvalue weighted by Crippen LogP contribution is 2.31. The molecule has 1 atom stereocenters. The smallest absolute Gasteiger partial charge is 0.237 e. The third-order valence-electron chi connectivity index (χ3n) is 4.21. The highest BCUT2D eigenvalue weighted by molar-refractivity contribution is 8.00. The van der Waals surface area contributed by atoms with Crippen LogP contribution in [-0.4, -0.2) is 41.5 Å². The van der Waals surface area contributed by atoms with E-state index in [1.165, 1.54) is 11.8 Å². The van der Waals surface area contributed by atoms with Gasteiger partial charge < -0.3 is 19.4 Å². The monoisotopic (exact) mass is 419 g/mol. The number of carbonyl (C=O) groups excluding carboxylic acids is 1. The summed E-state index contributed by atoms with van der Waals surface area (Å²) in [6, 6.07) is 13.0. The molecule has 1 heterocycles. The van der Waals surface area contributed by atoms with Gasteiger partial charge in [0.15, 0.2) is 5.16 Å². The van der Waals surface area contributed by atoms with Gasteiger partial charge in [-0.15, -0.1) is 0 Å². The standard InChI is InChI=1S/C20H22ClN3O3S/c1-13(19(25)22-16-12-14(21)8-9-18(16)27-3)28-20-23-15-6-4-5-7-17(15)24(20)10-11-26-2/h4-9,12-13H,10-11H2,1-3H3,(H,22,25)/t13-/m1/s1. The zero-order chi connectivity index (χ0) is 20.1. The quantitative estimate of drug-likeness (QED) is 0.546. The average molecular weight is 420 g/mol. The molecule has 1 aromatic heterocycles. The van der Waals surface area contributed by atoms with Crippen molar-refractivity contribution in [1.82, 2.24) is 9.55 Å². The number of anilines is 1. The highest BCUT2D eigenvalue weighted by Gasteiger charge is 2.20. The van der Waals surface area contributed by atoms with E-state index in [2.05, 4.69) is 14.9 Å². The van der Waals surface area contributed by atoms with Gasteiger partial charge in [-0.25, -0.2) is 4.98 Å². The molecule has 28 heavy (non-hydrogen) atoms. The van der Waals surface area contributed by atoms with Gasteiger partial charge in [0.2, 0.25) is 5.91 Å². The summed E-state index contributed by atoms with van der Waals surface area (Å²) in [4.78, 5) is 17.4. The van der Waals surface area contributed by atoms with Crippen molar-refractivity contribution in [3.05, 3.63) is 47.5 Å². The lowest BCUT2D eigenvalue weighted by Gasteiger charge is -2.15. The van der Waals surface area contributed by atoms with E-state index < -0.39 is 0 Å². The van der Waals surface area contributed by atoms with Crippen LogP contribution in [0.2, 0.25) is 5.02 Å².